The van der Waals surface area contributed by atoms with E-state index in [0.29, 0.717) is 39.9 Å². The first kappa shape index (κ1) is 18.3. The van der Waals surface area contributed by atoms with Crippen LogP contribution in [-0.2, 0) is 0 Å². The molecule has 0 saturated carbocycles. The zero-order chi connectivity index (χ0) is 20.4. The smallest absolute Gasteiger partial charge is 0.323 e. The maximum atomic E-state index is 13.0. The second kappa shape index (κ2) is 7.50. The lowest BCUT2D eigenvalue weighted by Gasteiger charge is -2.06. The second-order valence-electron chi connectivity index (χ2n) is 6.04. The molecule has 0 unspecified atom stereocenters. The van der Waals surface area contributed by atoms with E-state index in [0.717, 1.165) is 5.52 Å². The number of carbonyl (C=O) groups is 1. The maximum Gasteiger partial charge on any atom is 0.323 e. The molecule has 2 heterocycles. The molecule has 2 aromatic carbocycles. The minimum atomic E-state index is -0.501. The molecule has 0 aliphatic carbocycles. The summed E-state index contributed by atoms with van der Waals surface area (Å²) in [4.78, 5) is 19.9. The number of aromatic amines is 2. The average Bonchev–Trinajstić information content (AvgIpc) is 3.34. The molecule has 0 saturated heterocycles. The molecule has 0 spiro atoms. The molecule has 0 atom stereocenters. The van der Waals surface area contributed by atoms with Gasteiger partial charge in [0.25, 0.3) is 0 Å². The molecule has 0 aliphatic rings. The molecule has 29 heavy (non-hydrogen) atoms. The van der Waals surface area contributed by atoms with Crippen LogP contribution in [0.4, 0.5) is 20.6 Å². The summed E-state index contributed by atoms with van der Waals surface area (Å²) < 4.78 is 23.6. The first-order valence-corrected chi connectivity index (χ1v) is 8.57. The Morgan fingerprint density at radius 3 is 2.52 bits per heavy atom. The highest BCUT2D eigenvalue weighted by atomic mass is 19.1. The zero-order valence-corrected chi connectivity index (χ0v) is 15.5. The summed E-state index contributed by atoms with van der Waals surface area (Å²) in [6, 6.07) is 8.46. The van der Waals surface area contributed by atoms with Gasteiger partial charge in [-0.25, -0.2) is 14.2 Å². The van der Waals surface area contributed by atoms with Crippen LogP contribution in [0.15, 0.2) is 42.6 Å². The number of hydrogen-bond donors (Lipinski definition) is 4. The SMILES string of the molecule is COc1cc2nc(-c3n[nH]cc3NC(=O)Nc3ccc(F)cc3)[nH]c2cc1OC. The number of methoxy groups -OCH3 is 2. The molecule has 0 fully saturated rings. The summed E-state index contributed by atoms with van der Waals surface area (Å²) >= 11 is 0. The van der Waals surface area contributed by atoms with E-state index in [1.807, 2.05) is 0 Å². The number of nitrogens with zero attached hydrogens (tertiary/aromatic N) is 2. The van der Waals surface area contributed by atoms with E-state index in [4.69, 9.17) is 9.47 Å². The number of fused-ring (bicyclic) bond motifs is 1. The van der Waals surface area contributed by atoms with Crippen LogP contribution in [0.2, 0.25) is 0 Å². The van der Waals surface area contributed by atoms with E-state index in [1.54, 1.807) is 26.4 Å². The lowest BCUT2D eigenvalue weighted by molar-refractivity contribution is 0.262. The average molecular weight is 396 g/mol. The maximum absolute atomic E-state index is 13.0. The molecule has 0 radical (unpaired) electrons. The molecule has 0 aliphatic heterocycles. The predicted octanol–water partition coefficient (Wildman–Crippen LogP) is 3.75. The largest absolute Gasteiger partial charge is 0.493 e. The van der Waals surface area contributed by atoms with Gasteiger partial charge in [0.1, 0.15) is 5.82 Å². The van der Waals surface area contributed by atoms with Crippen LogP contribution in [0.3, 0.4) is 0 Å². The Labute approximate surface area is 164 Å². The minimum Gasteiger partial charge on any atom is -0.493 e. The Kier molecular flexibility index (Phi) is 4.73. The van der Waals surface area contributed by atoms with Gasteiger partial charge in [-0.15, -0.1) is 0 Å². The minimum absolute atomic E-state index is 0.383. The highest BCUT2D eigenvalue weighted by Gasteiger charge is 2.17. The monoisotopic (exact) mass is 396 g/mol. The van der Waals surface area contributed by atoms with Crippen molar-refractivity contribution in [1.29, 1.82) is 0 Å². The molecule has 9 nitrogen and oxygen atoms in total. The fourth-order valence-electron chi connectivity index (χ4n) is 2.83. The van der Waals surface area contributed by atoms with Gasteiger partial charge in [-0.05, 0) is 24.3 Å². The van der Waals surface area contributed by atoms with E-state index in [-0.39, 0.29) is 5.82 Å². The van der Waals surface area contributed by atoms with Gasteiger partial charge < -0.3 is 25.1 Å². The number of nitrogens with one attached hydrogen (secondary N) is 4. The highest BCUT2D eigenvalue weighted by Crippen LogP contribution is 2.33. The molecule has 10 heteroatoms. The number of anilines is 2. The number of aromatic nitrogens is 4. The van der Waals surface area contributed by atoms with Gasteiger partial charge in [-0.1, -0.05) is 0 Å². The number of carbonyl (C=O) groups excluding carboxylic acids is 1. The van der Waals surface area contributed by atoms with Crippen molar-refractivity contribution in [3.05, 3.63) is 48.4 Å². The fourth-order valence-corrected chi connectivity index (χ4v) is 2.83. The number of halogens is 1. The second-order valence-corrected chi connectivity index (χ2v) is 6.04. The van der Waals surface area contributed by atoms with Crippen molar-refractivity contribution in [1.82, 2.24) is 20.2 Å². The standard InChI is InChI=1S/C19H17FN6O3/c1-28-15-7-12-13(8-16(15)29-2)24-18(23-12)17-14(9-21-26-17)25-19(27)22-11-5-3-10(20)4-6-11/h3-9H,1-2H3,(H,21,26)(H,23,24)(H2,22,25,27). The van der Waals surface area contributed by atoms with Crippen molar-refractivity contribution < 1.29 is 18.7 Å². The quantitative estimate of drug-likeness (QED) is 0.410. The van der Waals surface area contributed by atoms with Crippen LogP contribution in [0.5, 0.6) is 11.5 Å². The Balaban J connectivity index is 1.58. The van der Waals surface area contributed by atoms with Crippen LogP contribution < -0.4 is 20.1 Å². The van der Waals surface area contributed by atoms with Crippen molar-refractivity contribution in [2.24, 2.45) is 0 Å². The summed E-state index contributed by atoms with van der Waals surface area (Å²) in [6.45, 7) is 0. The number of rotatable bonds is 5. The van der Waals surface area contributed by atoms with Crippen molar-refractivity contribution in [2.45, 2.75) is 0 Å². The number of imidazole rings is 1. The lowest BCUT2D eigenvalue weighted by atomic mass is 10.3. The summed E-state index contributed by atoms with van der Waals surface area (Å²) in [6.07, 6.45) is 1.54. The molecule has 2 aromatic heterocycles. The Bertz CT molecular complexity index is 1130. The van der Waals surface area contributed by atoms with Crippen molar-refractivity contribution in [3.8, 4) is 23.0 Å². The normalized spacial score (nSPS) is 10.7. The summed E-state index contributed by atoms with van der Waals surface area (Å²) in [5.41, 5.74) is 2.68. The predicted molar refractivity (Wildman–Crippen MR) is 106 cm³/mol. The van der Waals surface area contributed by atoms with Crippen molar-refractivity contribution in [2.75, 3.05) is 24.9 Å². The summed E-state index contributed by atoms with van der Waals surface area (Å²) in [5.74, 6) is 1.19. The van der Waals surface area contributed by atoms with Gasteiger partial charge in [-0.3, -0.25) is 5.10 Å². The highest BCUT2D eigenvalue weighted by molar-refractivity contribution is 6.01. The van der Waals surface area contributed by atoms with Gasteiger partial charge in [0.2, 0.25) is 0 Å². The number of H-pyrrole nitrogens is 2. The molecule has 0 bridgehead atoms. The van der Waals surface area contributed by atoms with Crippen LogP contribution in [-0.4, -0.2) is 40.4 Å². The molecular formula is C19H17FN6O3. The molecular weight excluding hydrogens is 379 g/mol. The molecule has 4 N–H and O–H groups in total. The van der Waals surface area contributed by atoms with E-state index < -0.39 is 6.03 Å². The third kappa shape index (κ3) is 3.68. The van der Waals surface area contributed by atoms with Crippen molar-refractivity contribution in [3.63, 3.8) is 0 Å². The first-order chi connectivity index (χ1) is 14.1. The summed E-state index contributed by atoms with van der Waals surface area (Å²) in [5, 5.41) is 12.2. The van der Waals surface area contributed by atoms with Crippen LogP contribution in [0, 0.1) is 5.82 Å². The van der Waals surface area contributed by atoms with Gasteiger partial charge in [0.15, 0.2) is 23.0 Å². The van der Waals surface area contributed by atoms with Gasteiger partial charge >= 0.3 is 6.03 Å². The molecule has 2 amide bonds. The van der Waals surface area contributed by atoms with Crippen molar-refractivity contribution >= 4 is 28.4 Å². The third-order valence-corrected chi connectivity index (χ3v) is 4.20. The third-order valence-electron chi connectivity index (χ3n) is 4.20. The fraction of sp³-hybridized carbons (Fsp3) is 0.105. The molecule has 148 valence electrons. The molecule has 4 aromatic rings. The van der Waals surface area contributed by atoms with Gasteiger partial charge in [0.05, 0.1) is 30.9 Å². The van der Waals surface area contributed by atoms with Gasteiger partial charge in [0, 0.05) is 24.0 Å². The van der Waals surface area contributed by atoms with Crippen LogP contribution in [0.1, 0.15) is 0 Å². The Morgan fingerprint density at radius 2 is 1.79 bits per heavy atom. The first-order valence-electron chi connectivity index (χ1n) is 8.57. The topological polar surface area (TPSA) is 117 Å². The van der Waals surface area contributed by atoms with Gasteiger partial charge in [-0.2, -0.15) is 5.10 Å². The van der Waals surface area contributed by atoms with Crippen LogP contribution in [0.25, 0.3) is 22.6 Å². The van der Waals surface area contributed by atoms with E-state index in [1.165, 1.54) is 30.5 Å². The van der Waals surface area contributed by atoms with Crippen LogP contribution >= 0.6 is 0 Å². The number of amides is 2. The number of urea groups is 1. The van der Waals surface area contributed by atoms with E-state index >= 15 is 0 Å². The Hall–Kier alpha value is -4.08. The number of benzene rings is 2. The Morgan fingerprint density at radius 1 is 1.07 bits per heavy atom. The summed E-state index contributed by atoms with van der Waals surface area (Å²) in [7, 11) is 3.10. The lowest BCUT2D eigenvalue weighted by Crippen LogP contribution is -2.19. The molecule has 4 rings (SSSR count). The number of ether oxygens (including phenoxy) is 2. The zero-order valence-electron chi connectivity index (χ0n) is 15.5. The number of hydrogen-bond acceptors (Lipinski definition) is 5. The van der Waals surface area contributed by atoms with E-state index in [9.17, 15) is 9.18 Å². The van der Waals surface area contributed by atoms with E-state index in [2.05, 4.69) is 30.8 Å².